The van der Waals surface area contributed by atoms with Gasteiger partial charge in [-0.15, -0.1) is 0 Å². The maximum absolute atomic E-state index is 10.8. The molecular weight excluding hydrogens is 220 g/mol. The molecule has 0 spiro atoms. The Balaban J connectivity index is 2.89. The molecule has 0 aliphatic carbocycles. The summed E-state index contributed by atoms with van der Waals surface area (Å²) in [5.41, 5.74) is 0.685. The van der Waals surface area contributed by atoms with Crippen LogP contribution in [-0.2, 0) is 0 Å². The second kappa shape index (κ2) is 3.17. The Labute approximate surface area is 89.7 Å². The number of aryl methyl sites for hydroxylation is 1. The monoisotopic (exact) mass is 226 g/mol. The number of benzene rings is 1. The zero-order valence-electron chi connectivity index (χ0n) is 7.74. The second-order valence-corrected chi connectivity index (χ2v) is 3.54. The number of fused-ring (bicyclic) bond motifs is 1. The standard InChI is InChI=1S/C10H7ClO4/c1-4-7-6(15-9(4)10(13)14)3-2-5(11)8(7)12/h2-3,12H,1H3,(H,13,14). The number of aromatic hydroxyl groups is 1. The van der Waals surface area contributed by atoms with Gasteiger partial charge in [-0.25, -0.2) is 4.79 Å². The van der Waals surface area contributed by atoms with Gasteiger partial charge in [-0.2, -0.15) is 0 Å². The Hall–Kier alpha value is -1.68. The van der Waals surface area contributed by atoms with Gasteiger partial charge >= 0.3 is 5.97 Å². The van der Waals surface area contributed by atoms with Gasteiger partial charge in [-0.3, -0.25) is 0 Å². The summed E-state index contributed by atoms with van der Waals surface area (Å²) in [4.78, 5) is 10.8. The smallest absolute Gasteiger partial charge is 0.372 e. The van der Waals surface area contributed by atoms with E-state index in [1.165, 1.54) is 12.1 Å². The Morgan fingerprint density at radius 2 is 2.13 bits per heavy atom. The molecule has 4 nitrogen and oxygen atoms in total. The van der Waals surface area contributed by atoms with Gasteiger partial charge in [0.15, 0.2) is 0 Å². The van der Waals surface area contributed by atoms with E-state index in [1.54, 1.807) is 6.92 Å². The van der Waals surface area contributed by atoms with E-state index in [0.29, 0.717) is 16.5 Å². The minimum absolute atomic E-state index is 0.150. The van der Waals surface area contributed by atoms with E-state index >= 15 is 0 Å². The molecule has 0 aliphatic heterocycles. The molecule has 0 fully saturated rings. The molecule has 0 amide bonds. The summed E-state index contributed by atoms with van der Waals surface area (Å²) < 4.78 is 5.08. The number of carboxylic acids is 1. The Kier molecular flexibility index (Phi) is 2.08. The second-order valence-electron chi connectivity index (χ2n) is 3.13. The molecule has 2 rings (SSSR count). The summed E-state index contributed by atoms with van der Waals surface area (Å²) in [6.07, 6.45) is 0. The first kappa shape index (κ1) is 9.86. The maximum atomic E-state index is 10.8. The molecule has 1 aromatic carbocycles. The topological polar surface area (TPSA) is 70.7 Å². The number of aromatic carboxylic acids is 1. The van der Waals surface area contributed by atoms with Crippen molar-refractivity contribution >= 4 is 28.5 Å². The third-order valence-corrected chi connectivity index (χ3v) is 2.52. The molecule has 0 saturated heterocycles. The number of phenols is 1. The first-order chi connectivity index (χ1) is 7.02. The molecule has 0 radical (unpaired) electrons. The van der Waals surface area contributed by atoms with Gasteiger partial charge in [0.1, 0.15) is 11.3 Å². The van der Waals surface area contributed by atoms with Crippen LogP contribution in [0.2, 0.25) is 5.02 Å². The van der Waals surface area contributed by atoms with Gasteiger partial charge in [0, 0.05) is 5.56 Å². The summed E-state index contributed by atoms with van der Waals surface area (Å²) in [6.45, 7) is 1.56. The largest absolute Gasteiger partial charge is 0.506 e. The molecule has 0 saturated carbocycles. The highest BCUT2D eigenvalue weighted by Gasteiger charge is 2.19. The van der Waals surface area contributed by atoms with E-state index in [1.807, 2.05) is 0 Å². The molecule has 0 aliphatic rings. The lowest BCUT2D eigenvalue weighted by molar-refractivity contribution is 0.0664. The van der Waals surface area contributed by atoms with Crippen molar-refractivity contribution in [2.24, 2.45) is 0 Å². The predicted octanol–water partition coefficient (Wildman–Crippen LogP) is 2.80. The van der Waals surface area contributed by atoms with Gasteiger partial charge in [0.25, 0.3) is 0 Å². The molecule has 0 bridgehead atoms. The van der Waals surface area contributed by atoms with Crippen molar-refractivity contribution in [2.75, 3.05) is 0 Å². The van der Waals surface area contributed by atoms with Gasteiger partial charge in [0.05, 0.1) is 10.4 Å². The van der Waals surface area contributed by atoms with Crippen molar-refractivity contribution in [2.45, 2.75) is 6.92 Å². The molecular formula is C10H7ClO4. The number of rotatable bonds is 1. The lowest BCUT2D eigenvalue weighted by Gasteiger charge is -1.97. The fourth-order valence-electron chi connectivity index (χ4n) is 1.50. The normalized spacial score (nSPS) is 10.8. The van der Waals surface area contributed by atoms with Crippen LogP contribution < -0.4 is 0 Å². The number of halogens is 1. The Bertz CT molecular complexity index is 556. The molecule has 0 unspecified atom stereocenters. The highest BCUT2D eigenvalue weighted by Crippen LogP contribution is 2.37. The fourth-order valence-corrected chi connectivity index (χ4v) is 1.66. The number of carbonyl (C=O) groups is 1. The maximum Gasteiger partial charge on any atom is 0.372 e. The number of phenolic OH excluding ortho intramolecular Hbond substituents is 1. The summed E-state index contributed by atoms with van der Waals surface area (Å²) in [6, 6.07) is 2.98. The number of furan rings is 1. The number of carboxylic acid groups (broad SMARTS) is 1. The fraction of sp³-hybridized carbons (Fsp3) is 0.100. The zero-order chi connectivity index (χ0) is 11.2. The van der Waals surface area contributed by atoms with Crippen LogP contribution in [0.3, 0.4) is 0 Å². The summed E-state index contributed by atoms with van der Waals surface area (Å²) in [5.74, 6) is -1.50. The first-order valence-corrected chi connectivity index (χ1v) is 4.54. The number of hydrogen-bond acceptors (Lipinski definition) is 3. The highest BCUT2D eigenvalue weighted by atomic mass is 35.5. The van der Waals surface area contributed by atoms with Crippen molar-refractivity contribution in [3.05, 3.63) is 28.5 Å². The van der Waals surface area contributed by atoms with Crippen LogP contribution in [0.15, 0.2) is 16.5 Å². The van der Waals surface area contributed by atoms with Crippen LogP contribution in [0.4, 0.5) is 0 Å². The van der Waals surface area contributed by atoms with E-state index in [-0.39, 0.29) is 16.5 Å². The van der Waals surface area contributed by atoms with Gasteiger partial charge in [-0.05, 0) is 19.1 Å². The van der Waals surface area contributed by atoms with Crippen molar-refractivity contribution in [3.63, 3.8) is 0 Å². The zero-order valence-corrected chi connectivity index (χ0v) is 8.50. The van der Waals surface area contributed by atoms with Crippen molar-refractivity contribution in [3.8, 4) is 5.75 Å². The SMILES string of the molecule is Cc1c(C(=O)O)oc2ccc(Cl)c(O)c12. The quantitative estimate of drug-likeness (QED) is 0.784. The van der Waals surface area contributed by atoms with E-state index in [9.17, 15) is 9.90 Å². The molecule has 5 heteroatoms. The summed E-state index contributed by atoms with van der Waals surface area (Å²) in [5, 5.41) is 19.0. The lowest BCUT2D eigenvalue weighted by Crippen LogP contribution is -1.95. The van der Waals surface area contributed by atoms with E-state index < -0.39 is 5.97 Å². The van der Waals surface area contributed by atoms with Crippen LogP contribution in [0.25, 0.3) is 11.0 Å². The minimum Gasteiger partial charge on any atom is -0.506 e. The van der Waals surface area contributed by atoms with Crippen molar-refractivity contribution < 1.29 is 19.4 Å². The molecule has 2 aromatic rings. The van der Waals surface area contributed by atoms with Gasteiger partial charge < -0.3 is 14.6 Å². The highest BCUT2D eigenvalue weighted by molar-refractivity contribution is 6.33. The van der Waals surface area contributed by atoms with Crippen LogP contribution in [0.5, 0.6) is 5.75 Å². The average Bonchev–Trinajstić information content (AvgIpc) is 2.50. The predicted molar refractivity (Wildman–Crippen MR) is 54.6 cm³/mol. The van der Waals surface area contributed by atoms with E-state index in [2.05, 4.69) is 0 Å². The van der Waals surface area contributed by atoms with Crippen molar-refractivity contribution in [1.82, 2.24) is 0 Å². The van der Waals surface area contributed by atoms with Crippen molar-refractivity contribution in [1.29, 1.82) is 0 Å². The van der Waals surface area contributed by atoms with Crippen LogP contribution >= 0.6 is 11.6 Å². The summed E-state index contributed by atoms with van der Waals surface area (Å²) >= 11 is 5.71. The summed E-state index contributed by atoms with van der Waals surface area (Å²) in [7, 11) is 0. The Morgan fingerprint density at radius 3 is 2.73 bits per heavy atom. The van der Waals surface area contributed by atoms with E-state index in [4.69, 9.17) is 21.1 Å². The third-order valence-electron chi connectivity index (χ3n) is 2.21. The average molecular weight is 227 g/mol. The van der Waals surface area contributed by atoms with Crippen LogP contribution in [0.1, 0.15) is 16.1 Å². The van der Waals surface area contributed by atoms with Gasteiger partial charge in [-0.1, -0.05) is 11.6 Å². The van der Waals surface area contributed by atoms with Crippen LogP contribution in [-0.4, -0.2) is 16.2 Å². The lowest BCUT2D eigenvalue weighted by atomic mass is 10.1. The van der Waals surface area contributed by atoms with E-state index in [0.717, 1.165) is 0 Å². The Morgan fingerprint density at radius 1 is 1.47 bits per heavy atom. The van der Waals surface area contributed by atoms with Crippen LogP contribution in [0, 0.1) is 6.92 Å². The third kappa shape index (κ3) is 1.34. The first-order valence-electron chi connectivity index (χ1n) is 4.16. The number of hydrogen-bond donors (Lipinski definition) is 2. The molecule has 78 valence electrons. The minimum atomic E-state index is -1.17. The molecule has 1 aromatic heterocycles. The molecule has 0 atom stereocenters. The molecule has 15 heavy (non-hydrogen) atoms. The van der Waals surface area contributed by atoms with Gasteiger partial charge in [0.2, 0.25) is 5.76 Å². The molecule has 2 N–H and O–H groups in total. The molecule has 1 heterocycles.